The highest BCUT2D eigenvalue weighted by Gasteiger charge is 2.34. The number of hydrogen-bond acceptors (Lipinski definition) is 5. The van der Waals surface area contributed by atoms with Gasteiger partial charge in [-0.05, 0) is 23.8 Å². The molecule has 0 amide bonds. The third-order valence-electron chi connectivity index (χ3n) is 5.02. The summed E-state index contributed by atoms with van der Waals surface area (Å²) >= 11 is 0. The van der Waals surface area contributed by atoms with Gasteiger partial charge in [-0.15, -0.1) is 0 Å². The number of piperazine rings is 1. The van der Waals surface area contributed by atoms with E-state index in [-0.39, 0.29) is 24.6 Å². The largest absolute Gasteiger partial charge is 0.416 e. The number of sulfonamides is 1. The Labute approximate surface area is 179 Å². The summed E-state index contributed by atoms with van der Waals surface area (Å²) in [6.07, 6.45) is -5.33. The molecule has 0 radical (unpaired) electrons. The highest BCUT2D eigenvalue weighted by atomic mass is 32.2. The zero-order chi connectivity index (χ0) is 22.5. The number of nitrogens with zero attached hydrogens (tertiary/aromatic N) is 2. The number of halogens is 3. The van der Waals surface area contributed by atoms with Gasteiger partial charge in [0.05, 0.1) is 29.8 Å². The van der Waals surface area contributed by atoms with Crippen molar-refractivity contribution in [2.45, 2.75) is 23.8 Å². The first-order valence-corrected chi connectivity index (χ1v) is 11.3. The Kier molecular flexibility index (Phi) is 7.71. The summed E-state index contributed by atoms with van der Waals surface area (Å²) in [5.41, 5.74) is 0.00829. The Morgan fingerprint density at radius 3 is 2.32 bits per heavy atom. The average molecular weight is 459 g/mol. The number of β-amino-alcohol motifs (C(OH)–C–C–N with tert-alkyl or cyclic N) is 1. The molecule has 1 atom stereocenters. The molecule has 1 saturated heterocycles. The summed E-state index contributed by atoms with van der Waals surface area (Å²) in [6, 6.07) is 13.3. The van der Waals surface area contributed by atoms with Crippen LogP contribution >= 0.6 is 0 Å². The van der Waals surface area contributed by atoms with Crippen LogP contribution in [0.3, 0.4) is 0 Å². The summed E-state index contributed by atoms with van der Waals surface area (Å²) in [4.78, 5) is 1.54. The Morgan fingerprint density at radius 2 is 1.68 bits per heavy atom. The van der Waals surface area contributed by atoms with E-state index in [0.717, 1.165) is 17.7 Å². The normalized spacial score (nSPS) is 17.5. The van der Waals surface area contributed by atoms with Crippen molar-refractivity contribution in [2.24, 2.45) is 0 Å². The van der Waals surface area contributed by atoms with Crippen LogP contribution in [0.5, 0.6) is 0 Å². The number of aliphatic hydroxyl groups is 1. The minimum absolute atomic E-state index is 0.135. The number of alkyl halides is 3. The van der Waals surface area contributed by atoms with Crippen LogP contribution in [0.1, 0.15) is 11.1 Å². The Balaban J connectivity index is 1.48. The van der Waals surface area contributed by atoms with E-state index in [0.29, 0.717) is 32.3 Å². The van der Waals surface area contributed by atoms with Crippen LogP contribution in [0.15, 0.2) is 59.5 Å². The highest BCUT2D eigenvalue weighted by Crippen LogP contribution is 2.31. The van der Waals surface area contributed by atoms with Gasteiger partial charge in [0.15, 0.2) is 0 Å². The van der Waals surface area contributed by atoms with E-state index >= 15 is 0 Å². The van der Waals surface area contributed by atoms with Crippen LogP contribution in [-0.2, 0) is 27.5 Å². The molecule has 1 aliphatic rings. The van der Waals surface area contributed by atoms with E-state index in [1.165, 1.54) is 10.4 Å². The molecule has 1 fully saturated rings. The van der Waals surface area contributed by atoms with E-state index in [2.05, 4.69) is 0 Å². The quantitative estimate of drug-likeness (QED) is 0.659. The summed E-state index contributed by atoms with van der Waals surface area (Å²) in [6.45, 7) is 1.87. The van der Waals surface area contributed by atoms with Crippen LogP contribution < -0.4 is 0 Å². The van der Waals surface area contributed by atoms with Crippen molar-refractivity contribution in [1.82, 2.24) is 9.21 Å². The standard InChI is InChI=1S/C21H25F3N2O4S/c22-21(23,24)18-7-4-8-20(13-18)31(28,29)26-11-9-25(10-12-26)14-19(27)16-30-15-17-5-2-1-3-6-17/h1-8,13,19,27H,9-12,14-16H2/t19-/m0/s1. The van der Waals surface area contributed by atoms with Crippen molar-refractivity contribution in [3.05, 3.63) is 65.7 Å². The van der Waals surface area contributed by atoms with Gasteiger partial charge in [-0.1, -0.05) is 36.4 Å². The molecule has 0 spiro atoms. The maximum absolute atomic E-state index is 12.9. The van der Waals surface area contributed by atoms with E-state index < -0.39 is 27.9 Å². The maximum atomic E-state index is 12.9. The van der Waals surface area contributed by atoms with Crippen LogP contribution in [0, 0.1) is 0 Å². The van der Waals surface area contributed by atoms with Crippen molar-refractivity contribution in [3.8, 4) is 0 Å². The molecule has 1 aliphatic heterocycles. The molecule has 31 heavy (non-hydrogen) atoms. The lowest BCUT2D eigenvalue weighted by atomic mass is 10.2. The first-order valence-electron chi connectivity index (χ1n) is 9.86. The number of benzene rings is 2. The number of aliphatic hydroxyl groups excluding tert-OH is 1. The van der Waals surface area contributed by atoms with E-state index in [1.54, 1.807) is 0 Å². The smallest absolute Gasteiger partial charge is 0.389 e. The average Bonchev–Trinajstić information content (AvgIpc) is 2.74. The highest BCUT2D eigenvalue weighted by molar-refractivity contribution is 7.89. The van der Waals surface area contributed by atoms with Gasteiger partial charge in [-0.25, -0.2) is 8.42 Å². The molecule has 10 heteroatoms. The van der Waals surface area contributed by atoms with Crippen molar-refractivity contribution in [3.63, 3.8) is 0 Å². The molecule has 0 aliphatic carbocycles. The van der Waals surface area contributed by atoms with E-state index in [9.17, 15) is 26.7 Å². The molecule has 3 rings (SSSR count). The fourth-order valence-corrected chi connectivity index (χ4v) is 4.84. The summed E-state index contributed by atoms with van der Waals surface area (Å²) in [7, 11) is -4.02. The second kappa shape index (κ2) is 10.1. The van der Waals surface area contributed by atoms with Gasteiger partial charge in [0.25, 0.3) is 0 Å². The molecule has 170 valence electrons. The van der Waals surface area contributed by atoms with Crippen molar-refractivity contribution in [2.75, 3.05) is 39.3 Å². The molecule has 0 saturated carbocycles. The number of rotatable bonds is 8. The van der Waals surface area contributed by atoms with Gasteiger partial charge >= 0.3 is 6.18 Å². The zero-order valence-electron chi connectivity index (χ0n) is 16.8. The molecule has 2 aromatic rings. The fraction of sp³-hybridized carbons (Fsp3) is 0.429. The molecule has 6 nitrogen and oxygen atoms in total. The molecular weight excluding hydrogens is 433 g/mol. The predicted molar refractivity (Wildman–Crippen MR) is 109 cm³/mol. The second-order valence-corrected chi connectivity index (χ2v) is 9.32. The lowest BCUT2D eigenvalue weighted by molar-refractivity contribution is -0.137. The minimum atomic E-state index is -4.61. The zero-order valence-corrected chi connectivity index (χ0v) is 17.6. The van der Waals surface area contributed by atoms with Gasteiger partial charge in [-0.3, -0.25) is 4.90 Å². The van der Waals surface area contributed by atoms with Crippen molar-refractivity contribution >= 4 is 10.0 Å². The predicted octanol–water partition coefficient (Wildman–Crippen LogP) is 2.59. The first-order chi connectivity index (χ1) is 14.7. The third-order valence-corrected chi connectivity index (χ3v) is 6.92. The Morgan fingerprint density at radius 1 is 1.00 bits per heavy atom. The van der Waals surface area contributed by atoms with Gasteiger partial charge in [0.1, 0.15) is 0 Å². The molecular formula is C21H25F3N2O4S. The molecule has 0 bridgehead atoms. The van der Waals surface area contributed by atoms with Crippen molar-refractivity contribution in [1.29, 1.82) is 0 Å². The van der Waals surface area contributed by atoms with Crippen LogP contribution in [-0.4, -0.2) is 68.2 Å². The van der Waals surface area contributed by atoms with Gasteiger partial charge < -0.3 is 9.84 Å². The molecule has 0 aromatic heterocycles. The van der Waals surface area contributed by atoms with Gasteiger partial charge in [0, 0.05) is 32.7 Å². The lowest BCUT2D eigenvalue weighted by Gasteiger charge is -2.34. The van der Waals surface area contributed by atoms with Gasteiger partial charge in [0.2, 0.25) is 10.0 Å². The third kappa shape index (κ3) is 6.50. The molecule has 1 N–H and O–H groups in total. The number of ether oxygens (including phenoxy) is 1. The maximum Gasteiger partial charge on any atom is 0.416 e. The fourth-order valence-electron chi connectivity index (χ4n) is 3.37. The topological polar surface area (TPSA) is 70.1 Å². The van der Waals surface area contributed by atoms with E-state index in [4.69, 9.17) is 4.74 Å². The molecule has 1 heterocycles. The molecule has 2 aromatic carbocycles. The Bertz CT molecular complexity index is 947. The second-order valence-electron chi connectivity index (χ2n) is 7.38. The number of hydrogen-bond donors (Lipinski definition) is 1. The summed E-state index contributed by atoms with van der Waals surface area (Å²) in [5.74, 6) is 0. The van der Waals surface area contributed by atoms with E-state index in [1.807, 2.05) is 35.2 Å². The SMILES string of the molecule is O=S(=O)(c1cccc(C(F)(F)F)c1)N1CCN(C[C@H](O)COCc2ccccc2)CC1. The summed E-state index contributed by atoms with van der Waals surface area (Å²) < 4.78 is 70.9. The Hall–Kier alpha value is -1.98. The van der Waals surface area contributed by atoms with Crippen LogP contribution in [0.2, 0.25) is 0 Å². The van der Waals surface area contributed by atoms with Crippen LogP contribution in [0.25, 0.3) is 0 Å². The summed E-state index contributed by atoms with van der Waals surface area (Å²) in [5, 5.41) is 10.2. The van der Waals surface area contributed by atoms with Crippen LogP contribution in [0.4, 0.5) is 13.2 Å². The first kappa shape index (κ1) is 23.7. The minimum Gasteiger partial charge on any atom is -0.389 e. The monoisotopic (exact) mass is 458 g/mol. The lowest BCUT2D eigenvalue weighted by Crippen LogP contribution is -2.50. The molecule has 0 unspecified atom stereocenters. The van der Waals surface area contributed by atoms with Gasteiger partial charge in [-0.2, -0.15) is 17.5 Å². The van der Waals surface area contributed by atoms with Crippen molar-refractivity contribution < 1.29 is 31.4 Å².